The van der Waals surface area contributed by atoms with E-state index in [9.17, 15) is 4.79 Å². The maximum atomic E-state index is 12.8. The highest BCUT2D eigenvalue weighted by Crippen LogP contribution is 2.22. The summed E-state index contributed by atoms with van der Waals surface area (Å²) in [5.74, 6) is 0.146. The quantitative estimate of drug-likeness (QED) is 0.193. The van der Waals surface area contributed by atoms with Crippen LogP contribution in [0.15, 0.2) is 91.0 Å². The molecule has 0 saturated carbocycles. The van der Waals surface area contributed by atoms with Crippen LogP contribution in [0, 0.1) is 0 Å². The first kappa shape index (κ1) is 24.2. The van der Waals surface area contributed by atoms with Crippen LogP contribution in [0.4, 0.5) is 0 Å². The van der Waals surface area contributed by atoms with Crippen LogP contribution in [0.5, 0.6) is 0 Å². The second-order valence-electron chi connectivity index (χ2n) is 8.86. The van der Waals surface area contributed by atoms with Gasteiger partial charge in [-0.3, -0.25) is 4.79 Å². The molecule has 168 valence electrons. The molecule has 3 rings (SSSR count). The van der Waals surface area contributed by atoms with E-state index in [0.29, 0.717) is 6.42 Å². The number of benzene rings is 3. The van der Waals surface area contributed by atoms with Crippen molar-refractivity contribution in [2.24, 2.45) is 0 Å². The molecule has 3 aromatic carbocycles. The number of hydrogen-bond acceptors (Lipinski definition) is 2. The Morgan fingerprint density at radius 1 is 0.812 bits per heavy atom. The van der Waals surface area contributed by atoms with E-state index in [0.717, 1.165) is 18.4 Å². The van der Waals surface area contributed by atoms with E-state index in [1.165, 1.54) is 23.2 Å². The van der Waals surface area contributed by atoms with Gasteiger partial charge in [0, 0.05) is 12.0 Å². The molecular formula is C29H36O2Si. The van der Waals surface area contributed by atoms with Gasteiger partial charge in [-0.15, -0.1) is 0 Å². The summed E-state index contributed by atoms with van der Waals surface area (Å²) in [6.07, 6.45) is 4.82. The van der Waals surface area contributed by atoms with Gasteiger partial charge in [0.05, 0.1) is 11.8 Å². The average molecular weight is 445 g/mol. The minimum absolute atomic E-state index is 0.109. The fraction of sp³-hybridized carbons (Fsp3) is 0.345. The van der Waals surface area contributed by atoms with Crippen LogP contribution in [0.1, 0.15) is 56.3 Å². The lowest BCUT2D eigenvalue weighted by Gasteiger charge is -2.38. The summed E-state index contributed by atoms with van der Waals surface area (Å²) in [7, 11) is -2.21. The number of rotatable bonds is 12. The minimum atomic E-state index is -2.21. The summed E-state index contributed by atoms with van der Waals surface area (Å²) in [6, 6.07) is 31.3. The zero-order chi connectivity index (χ0) is 22.8. The smallest absolute Gasteiger partial charge is 0.165 e. The lowest BCUT2D eigenvalue weighted by atomic mass is 10.1. The molecule has 3 heteroatoms. The number of Topliss-reactive ketones (excluding diaryl/α,β-unsaturated/α-hetero) is 1. The monoisotopic (exact) mass is 444 g/mol. The van der Waals surface area contributed by atoms with Gasteiger partial charge in [-0.2, -0.15) is 0 Å². The number of carbonyl (C=O) groups excluding carboxylic acids is 1. The van der Waals surface area contributed by atoms with E-state index in [2.05, 4.69) is 81.1 Å². The summed E-state index contributed by atoms with van der Waals surface area (Å²) < 4.78 is 6.80. The molecular weight excluding hydrogens is 408 g/mol. The van der Waals surface area contributed by atoms with Gasteiger partial charge in [0.15, 0.2) is 5.78 Å². The molecule has 0 fully saturated rings. The Balaban J connectivity index is 1.89. The van der Waals surface area contributed by atoms with Crippen molar-refractivity contribution in [3.05, 3.63) is 96.6 Å². The van der Waals surface area contributed by atoms with Gasteiger partial charge in [-0.05, 0) is 13.3 Å². The van der Waals surface area contributed by atoms with E-state index in [4.69, 9.17) is 4.74 Å². The molecule has 0 heterocycles. The molecule has 0 aliphatic heterocycles. The third-order valence-corrected chi connectivity index (χ3v) is 11.2. The highest BCUT2D eigenvalue weighted by Gasteiger charge is 2.41. The average Bonchev–Trinajstić information content (AvgIpc) is 2.84. The molecule has 2 nitrogen and oxygen atoms in total. The van der Waals surface area contributed by atoms with Crippen molar-refractivity contribution in [1.29, 1.82) is 0 Å². The normalized spacial score (nSPS) is 13.5. The number of ether oxygens (including phenoxy) is 1. The molecule has 0 bridgehead atoms. The molecule has 0 spiro atoms. The third-order valence-electron chi connectivity index (χ3n) is 6.43. The first-order valence-electron chi connectivity index (χ1n) is 11.9. The maximum Gasteiger partial charge on any atom is 0.165 e. The molecule has 2 unspecified atom stereocenters. The van der Waals surface area contributed by atoms with Gasteiger partial charge in [-0.1, -0.05) is 134 Å². The van der Waals surface area contributed by atoms with Gasteiger partial charge < -0.3 is 4.74 Å². The third kappa shape index (κ3) is 6.05. The van der Waals surface area contributed by atoms with E-state index < -0.39 is 8.07 Å². The Morgan fingerprint density at radius 3 is 1.81 bits per heavy atom. The summed E-state index contributed by atoms with van der Waals surface area (Å²) in [4.78, 5) is 12.8. The van der Waals surface area contributed by atoms with Gasteiger partial charge in [0.1, 0.15) is 8.07 Å². The molecule has 0 aliphatic carbocycles. The summed E-state index contributed by atoms with van der Waals surface area (Å²) in [5.41, 5.74) is 0.869. The van der Waals surface area contributed by atoms with Gasteiger partial charge in [-0.25, -0.2) is 0 Å². The van der Waals surface area contributed by atoms with Crippen molar-refractivity contribution < 1.29 is 9.53 Å². The topological polar surface area (TPSA) is 26.3 Å². The van der Waals surface area contributed by atoms with E-state index in [1.807, 2.05) is 30.3 Å². The Hall–Kier alpha value is -2.49. The van der Waals surface area contributed by atoms with Gasteiger partial charge in [0.25, 0.3) is 0 Å². The van der Waals surface area contributed by atoms with E-state index in [-0.39, 0.29) is 17.6 Å². The molecule has 0 saturated heterocycles. The summed E-state index contributed by atoms with van der Waals surface area (Å²) in [5, 5.41) is 2.77. The van der Waals surface area contributed by atoms with Crippen molar-refractivity contribution >= 4 is 24.2 Å². The Bertz CT molecular complexity index is 901. The second kappa shape index (κ2) is 11.9. The fourth-order valence-corrected chi connectivity index (χ4v) is 8.64. The zero-order valence-corrected chi connectivity index (χ0v) is 20.7. The largest absolute Gasteiger partial charge is 0.377 e. The molecule has 3 aromatic rings. The van der Waals surface area contributed by atoms with Crippen molar-refractivity contribution in [3.63, 3.8) is 0 Å². The standard InChI is InChI=1S/C29H36O2Si/c1-4-5-9-22-29(31-24(2)23-28(30)25-16-10-6-11-17-25)32(3,26-18-12-7-13-19-26)27-20-14-8-15-21-27/h6-8,10-21,24,29H,4-5,9,22-23H2,1-3H3. The van der Waals surface area contributed by atoms with Crippen molar-refractivity contribution in [2.45, 2.75) is 64.3 Å². The maximum absolute atomic E-state index is 12.8. The van der Waals surface area contributed by atoms with Gasteiger partial charge >= 0.3 is 0 Å². The molecule has 0 amide bonds. The second-order valence-corrected chi connectivity index (χ2v) is 13.1. The van der Waals surface area contributed by atoms with Gasteiger partial charge in [0.2, 0.25) is 0 Å². The van der Waals surface area contributed by atoms with Crippen LogP contribution < -0.4 is 10.4 Å². The molecule has 0 radical (unpaired) electrons. The fourth-order valence-electron chi connectivity index (χ4n) is 4.51. The van der Waals surface area contributed by atoms with E-state index in [1.54, 1.807) is 0 Å². The Labute approximate surface area is 194 Å². The summed E-state index contributed by atoms with van der Waals surface area (Å²) >= 11 is 0. The zero-order valence-electron chi connectivity index (χ0n) is 19.7. The summed E-state index contributed by atoms with van der Waals surface area (Å²) in [6.45, 7) is 6.72. The minimum Gasteiger partial charge on any atom is -0.377 e. The van der Waals surface area contributed by atoms with Crippen LogP contribution in [0.2, 0.25) is 6.55 Å². The lowest BCUT2D eigenvalue weighted by molar-refractivity contribution is 0.0277. The number of unbranched alkanes of at least 4 members (excludes halogenated alkanes) is 2. The molecule has 32 heavy (non-hydrogen) atoms. The number of carbonyl (C=O) groups is 1. The van der Waals surface area contributed by atoms with Crippen LogP contribution >= 0.6 is 0 Å². The van der Waals surface area contributed by atoms with Crippen LogP contribution in [-0.4, -0.2) is 25.7 Å². The Kier molecular flexibility index (Phi) is 9.01. The predicted molar refractivity (Wildman–Crippen MR) is 138 cm³/mol. The van der Waals surface area contributed by atoms with Crippen molar-refractivity contribution in [3.8, 4) is 0 Å². The molecule has 0 N–H and O–H groups in total. The van der Waals surface area contributed by atoms with Crippen LogP contribution in [-0.2, 0) is 4.74 Å². The molecule has 0 aromatic heterocycles. The van der Waals surface area contributed by atoms with Crippen molar-refractivity contribution in [2.75, 3.05) is 0 Å². The number of hydrogen-bond donors (Lipinski definition) is 0. The molecule has 2 atom stereocenters. The Morgan fingerprint density at radius 2 is 1.31 bits per heavy atom. The first-order chi connectivity index (χ1) is 15.6. The van der Waals surface area contributed by atoms with Crippen LogP contribution in [0.25, 0.3) is 0 Å². The highest BCUT2D eigenvalue weighted by atomic mass is 28.3. The van der Waals surface area contributed by atoms with Crippen LogP contribution in [0.3, 0.4) is 0 Å². The predicted octanol–water partition coefficient (Wildman–Crippen LogP) is 6.05. The van der Waals surface area contributed by atoms with Crippen molar-refractivity contribution in [1.82, 2.24) is 0 Å². The number of ketones is 1. The lowest BCUT2D eigenvalue weighted by Crippen LogP contribution is -2.65. The highest BCUT2D eigenvalue weighted by molar-refractivity contribution is 7.02. The molecule has 0 aliphatic rings. The van der Waals surface area contributed by atoms with E-state index >= 15 is 0 Å². The SMILES string of the molecule is CCCCCC(OC(C)CC(=O)c1ccccc1)[Si](C)(c1ccccc1)c1ccccc1. The first-order valence-corrected chi connectivity index (χ1v) is 14.5.